The summed E-state index contributed by atoms with van der Waals surface area (Å²) in [7, 11) is 0. The molecule has 0 aliphatic carbocycles. The maximum absolute atomic E-state index is 11.5. The van der Waals surface area contributed by atoms with Crippen LogP contribution < -0.4 is 5.32 Å². The third kappa shape index (κ3) is 5.21. The van der Waals surface area contributed by atoms with Crippen LogP contribution in [-0.4, -0.2) is 12.5 Å². The molecule has 1 aromatic carbocycles. The van der Waals surface area contributed by atoms with Crippen LogP contribution in [0.15, 0.2) is 30.3 Å². The van der Waals surface area contributed by atoms with Gasteiger partial charge in [-0.2, -0.15) is 0 Å². The van der Waals surface area contributed by atoms with Crippen molar-refractivity contribution < 1.29 is 4.79 Å². The number of amides is 1. The topological polar surface area (TPSA) is 29.1 Å². The number of carbonyl (C=O) groups is 1. The van der Waals surface area contributed by atoms with Crippen LogP contribution in [0, 0.1) is 5.41 Å². The quantitative estimate of drug-likeness (QED) is 0.806. The van der Waals surface area contributed by atoms with Crippen molar-refractivity contribution >= 4 is 5.91 Å². The minimum Gasteiger partial charge on any atom is -0.355 e. The largest absolute Gasteiger partial charge is 0.355 e. The van der Waals surface area contributed by atoms with Crippen LogP contribution in [0.1, 0.15) is 26.3 Å². The Morgan fingerprint density at radius 2 is 1.80 bits per heavy atom. The molecule has 2 nitrogen and oxygen atoms in total. The van der Waals surface area contributed by atoms with Gasteiger partial charge in [0.05, 0.1) is 6.42 Å². The molecule has 0 aliphatic heterocycles. The average molecular weight is 205 g/mol. The van der Waals surface area contributed by atoms with Crippen LogP contribution in [0.5, 0.6) is 0 Å². The molecule has 0 aromatic heterocycles. The van der Waals surface area contributed by atoms with Crippen molar-refractivity contribution in [1.29, 1.82) is 0 Å². The van der Waals surface area contributed by atoms with E-state index in [4.69, 9.17) is 0 Å². The van der Waals surface area contributed by atoms with Gasteiger partial charge in [0.2, 0.25) is 5.91 Å². The van der Waals surface area contributed by atoms with Crippen LogP contribution in [0.2, 0.25) is 0 Å². The van der Waals surface area contributed by atoms with Gasteiger partial charge in [-0.3, -0.25) is 4.79 Å². The van der Waals surface area contributed by atoms with Gasteiger partial charge in [0.1, 0.15) is 0 Å². The van der Waals surface area contributed by atoms with E-state index in [0.29, 0.717) is 6.42 Å². The van der Waals surface area contributed by atoms with Gasteiger partial charge in [0.15, 0.2) is 0 Å². The van der Waals surface area contributed by atoms with Crippen molar-refractivity contribution in [3.63, 3.8) is 0 Å². The van der Waals surface area contributed by atoms with Gasteiger partial charge >= 0.3 is 0 Å². The van der Waals surface area contributed by atoms with Crippen molar-refractivity contribution in [2.45, 2.75) is 27.2 Å². The zero-order valence-corrected chi connectivity index (χ0v) is 9.71. The first-order valence-corrected chi connectivity index (χ1v) is 5.28. The molecule has 0 bridgehead atoms. The summed E-state index contributed by atoms with van der Waals surface area (Å²) in [5, 5.41) is 2.93. The molecule has 0 spiro atoms. The van der Waals surface area contributed by atoms with E-state index in [0.717, 1.165) is 12.1 Å². The Morgan fingerprint density at radius 3 is 2.33 bits per heavy atom. The molecule has 0 fully saturated rings. The zero-order valence-electron chi connectivity index (χ0n) is 9.71. The summed E-state index contributed by atoms with van der Waals surface area (Å²) in [6.07, 6.45) is 0.469. The molecular weight excluding hydrogens is 186 g/mol. The average Bonchev–Trinajstić information content (AvgIpc) is 2.15. The van der Waals surface area contributed by atoms with E-state index in [1.165, 1.54) is 0 Å². The minimum atomic E-state index is 0.0936. The molecule has 0 saturated heterocycles. The van der Waals surface area contributed by atoms with Gasteiger partial charge < -0.3 is 5.32 Å². The molecule has 1 rings (SSSR count). The van der Waals surface area contributed by atoms with Crippen molar-refractivity contribution in [3.05, 3.63) is 35.9 Å². The highest BCUT2D eigenvalue weighted by Crippen LogP contribution is 2.10. The number of hydrogen-bond donors (Lipinski definition) is 1. The van der Waals surface area contributed by atoms with E-state index in [-0.39, 0.29) is 11.3 Å². The monoisotopic (exact) mass is 205 g/mol. The van der Waals surface area contributed by atoms with Gasteiger partial charge in [0, 0.05) is 6.54 Å². The molecular formula is C13H19NO. The third-order valence-corrected chi connectivity index (χ3v) is 2.02. The van der Waals surface area contributed by atoms with Crippen LogP contribution in [0.4, 0.5) is 0 Å². The van der Waals surface area contributed by atoms with E-state index in [1.807, 2.05) is 30.3 Å². The SMILES string of the molecule is CC(C)(C)CNC(=O)Cc1ccccc1. The van der Waals surface area contributed by atoms with Crippen LogP contribution in [-0.2, 0) is 11.2 Å². The lowest BCUT2D eigenvalue weighted by molar-refractivity contribution is -0.120. The normalized spacial score (nSPS) is 11.1. The molecule has 1 N–H and O–H groups in total. The number of nitrogens with one attached hydrogen (secondary N) is 1. The molecule has 0 unspecified atom stereocenters. The second-order valence-corrected chi connectivity index (χ2v) is 5.00. The fourth-order valence-electron chi connectivity index (χ4n) is 1.21. The van der Waals surface area contributed by atoms with Crippen LogP contribution in [0.25, 0.3) is 0 Å². The van der Waals surface area contributed by atoms with Crippen LogP contribution in [0.3, 0.4) is 0 Å². The lowest BCUT2D eigenvalue weighted by Gasteiger charge is -2.18. The van der Waals surface area contributed by atoms with E-state index in [1.54, 1.807) is 0 Å². The van der Waals surface area contributed by atoms with Gasteiger partial charge in [-0.1, -0.05) is 51.1 Å². The lowest BCUT2D eigenvalue weighted by atomic mass is 9.97. The van der Waals surface area contributed by atoms with E-state index in [9.17, 15) is 4.79 Å². The standard InChI is InChI=1S/C13H19NO/c1-13(2,3)10-14-12(15)9-11-7-5-4-6-8-11/h4-8H,9-10H2,1-3H3,(H,14,15). The highest BCUT2D eigenvalue weighted by Gasteiger charge is 2.11. The maximum Gasteiger partial charge on any atom is 0.224 e. The number of rotatable bonds is 3. The Kier molecular flexibility index (Phi) is 3.89. The summed E-state index contributed by atoms with van der Waals surface area (Å²) in [6, 6.07) is 9.79. The highest BCUT2D eigenvalue weighted by molar-refractivity contribution is 5.78. The first kappa shape index (κ1) is 11.8. The van der Waals surface area contributed by atoms with Crippen molar-refractivity contribution in [2.24, 2.45) is 5.41 Å². The fourth-order valence-corrected chi connectivity index (χ4v) is 1.21. The molecule has 1 aromatic rings. The highest BCUT2D eigenvalue weighted by atomic mass is 16.1. The summed E-state index contributed by atoms with van der Waals surface area (Å²) >= 11 is 0. The van der Waals surface area contributed by atoms with Gasteiger partial charge in [-0.05, 0) is 11.0 Å². The first-order chi connectivity index (χ1) is 6.97. The van der Waals surface area contributed by atoms with Gasteiger partial charge in [0.25, 0.3) is 0 Å². The number of hydrogen-bond acceptors (Lipinski definition) is 1. The van der Waals surface area contributed by atoms with Crippen LogP contribution >= 0.6 is 0 Å². The van der Waals surface area contributed by atoms with E-state index >= 15 is 0 Å². The Bertz CT molecular complexity index is 311. The van der Waals surface area contributed by atoms with Crippen molar-refractivity contribution in [2.75, 3.05) is 6.54 Å². The Balaban J connectivity index is 2.38. The molecule has 1 amide bonds. The summed E-state index contributed by atoms with van der Waals surface area (Å²) in [5.74, 6) is 0.0936. The Morgan fingerprint density at radius 1 is 1.20 bits per heavy atom. The molecule has 0 radical (unpaired) electrons. The first-order valence-electron chi connectivity index (χ1n) is 5.28. The molecule has 2 heteroatoms. The van der Waals surface area contributed by atoms with E-state index < -0.39 is 0 Å². The summed E-state index contributed by atoms with van der Waals surface area (Å²) in [5.41, 5.74) is 1.20. The smallest absolute Gasteiger partial charge is 0.224 e. The second kappa shape index (κ2) is 4.96. The third-order valence-electron chi connectivity index (χ3n) is 2.02. The predicted octanol–water partition coefficient (Wildman–Crippen LogP) is 2.39. The predicted molar refractivity (Wildman–Crippen MR) is 62.6 cm³/mol. The van der Waals surface area contributed by atoms with Gasteiger partial charge in [-0.15, -0.1) is 0 Å². The molecule has 0 heterocycles. The van der Waals surface area contributed by atoms with Crippen molar-refractivity contribution in [1.82, 2.24) is 5.32 Å². The summed E-state index contributed by atoms with van der Waals surface area (Å²) in [6.45, 7) is 7.04. The lowest BCUT2D eigenvalue weighted by Crippen LogP contribution is -2.33. The molecule has 0 atom stereocenters. The van der Waals surface area contributed by atoms with Crippen molar-refractivity contribution in [3.8, 4) is 0 Å². The minimum absolute atomic E-state index is 0.0936. The summed E-state index contributed by atoms with van der Waals surface area (Å²) in [4.78, 5) is 11.5. The fraction of sp³-hybridized carbons (Fsp3) is 0.462. The Labute approximate surface area is 91.7 Å². The Hall–Kier alpha value is -1.31. The number of carbonyl (C=O) groups excluding carboxylic acids is 1. The molecule has 82 valence electrons. The maximum atomic E-state index is 11.5. The molecule has 0 aliphatic rings. The van der Waals surface area contributed by atoms with E-state index in [2.05, 4.69) is 26.1 Å². The molecule has 0 saturated carbocycles. The molecule has 15 heavy (non-hydrogen) atoms. The second-order valence-electron chi connectivity index (χ2n) is 5.00. The zero-order chi connectivity index (χ0) is 11.3. The summed E-state index contributed by atoms with van der Waals surface area (Å²) < 4.78 is 0. The van der Waals surface area contributed by atoms with Gasteiger partial charge in [-0.25, -0.2) is 0 Å². The number of benzene rings is 1.